The minimum Gasteiger partial charge on any atom is -0.346 e. The van der Waals surface area contributed by atoms with Gasteiger partial charge in [0.05, 0.1) is 23.3 Å². The van der Waals surface area contributed by atoms with E-state index in [4.69, 9.17) is 11.6 Å². The van der Waals surface area contributed by atoms with Crippen LogP contribution in [0.1, 0.15) is 23.7 Å². The lowest BCUT2D eigenvalue weighted by atomic mass is 10.1. The molecule has 2 aromatic heterocycles. The Labute approximate surface area is 199 Å². The number of rotatable bonds is 7. The molecular formula is C23H19ClF2N4O3S. The number of hydrogen-bond acceptors (Lipinski definition) is 4. The van der Waals surface area contributed by atoms with Gasteiger partial charge in [-0.15, -0.1) is 0 Å². The number of hydrogen-bond donors (Lipinski definition) is 3. The first-order chi connectivity index (χ1) is 16.2. The second kappa shape index (κ2) is 9.40. The number of carbonyl (C=O) groups is 1. The molecule has 4 aromatic rings. The van der Waals surface area contributed by atoms with Crippen molar-refractivity contribution in [2.45, 2.75) is 13.3 Å². The SMILES string of the molecule is CCCS(=O)(=O)Nc1ccc(F)c(C(=O)Nc2cnc3[nH]cc(-c4ccc(Cl)cc4)c3c2)c1F. The molecule has 0 bridgehead atoms. The van der Waals surface area contributed by atoms with E-state index >= 15 is 0 Å². The van der Waals surface area contributed by atoms with Gasteiger partial charge >= 0.3 is 0 Å². The van der Waals surface area contributed by atoms with Crippen molar-refractivity contribution in [3.05, 3.63) is 77.1 Å². The van der Waals surface area contributed by atoms with Crippen LogP contribution >= 0.6 is 11.6 Å². The van der Waals surface area contributed by atoms with E-state index in [1.54, 1.807) is 31.3 Å². The quantitative estimate of drug-likeness (QED) is 0.306. The molecule has 7 nitrogen and oxygen atoms in total. The number of carbonyl (C=O) groups excluding carboxylic acids is 1. The Morgan fingerprint density at radius 1 is 1.15 bits per heavy atom. The van der Waals surface area contributed by atoms with Crippen molar-refractivity contribution in [1.29, 1.82) is 0 Å². The van der Waals surface area contributed by atoms with Crippen LogP contribution in [0.3, 0.4) is 0 Å². The maximum atomic E-state index is 14.9. The number of benzene rings is 2. The maximum Gasteiger partial charge on any atom is 0.261 e. The lowest BCUT2D eigenvalue weighted by Gasteiger charge is -2.12. The van der Waals surface area contributed by atoms with Crippen molar-refractivity contribution in [2.75, 3.05) is 15.8 Å². The van der Waals surface area contributed by atoms with E-state index in [0.29, 0.717) is 22.5 Å². The van der Waals surface area contributed by atoms with Crippen LogP contribution in [0.5, 0.6) is 0 Å². The number of nitrogens with one attached hydrogen (secondary N) is 3. The zero-order chi connectivity index (χ0) is 24.5. The molecule has 0 aliphatic carbocycles. The van der Waals surface area contributed by atoms with Crippen molar-refractivity contribution in [1.82, 2.24) is 9.97 Å². The van der Waals surface area contributed by atoms with Crippen molar-refractivity contribution in [2.24, 2.45) is 0 Å². The van der Waals surface area contributed by atoms with E-state index in [2.05, 4.69) is 15.3 Å². The largest absolute Gasteiger partial charge is 0.346 e. The van der Waals surface area contributed by atoms with Gasteiger partial charge in [-0.05, 0) is 42.3 Å². The monoisotopic (exact) mass is 504 g/mol. The highest BCUT2D eigenvalue weighted by atomic mass is 35.5. The molecule has 0 spiro atoms. The van der Waals surface area contributed by atoms with Gasteiger partial charge in [0.2, 0.25) is 10.0 Å². The van der Waals surface area contributed by atoms with Gasteiger partial charge in [0, 0.05) is 22.2 Å². The summed E-state index contributed by atoms with van der Waals surface area (Å²) in [5, 5.41) is 3.68. The Morgan fingerprint density at radius 3 is 2.59 bits per heavy atom. The second-order valence-electron chi connectivity index (χ2n) is 7.49. The number of anilines is 2. The van der Waals surface area contributed by atoms with E-state index in [1.165, 1.54) is 6.20 Å². The van der Waals surface area contributed by atoms with Gasteiger partial charge < -0.3 is 10.3 Å². The molecule has 0 atom stereocenters. The highest BCUT2D eigenvalue weighted by Gasteiger charge is 2.23. The average Bonchev–Trinajstić information content (AvgIpc) is 3.19. The van der Waals surface area contributed by atoms with Crippen molar-refractivity contribution >= 4 is 49.9 Å². The van der Waals surface area contributed by atoms with Gasteiger partial charge in [0.25, 0.3) is 5.91 Å². The molecule has 0 aliphatic heterocycles. The third kappa shape index (κ3) is 4.87. The molecule has 3 N–H and O–H groups in total. The van der Waals surface area contributed by atoms with E-state index < -0.39 is 38.8 Å². The Morgan fingerprint density at radius 2 is 1.88 bits per heavy atom. The lowest BCUT2D eigenvalue weighted by molar-refractivity contribution is 0.101. The zero-order valence-electron chi connectivity index (χ0n) is 17.8. The lowest BCUT2D eigenvalue weighted by Crippen LogP contribution is -2.20. The third-order valence-electron chi connectivity index (χ3n) is 5.00. The number of aromatic amines is 1. The summed E-state index contributed by atoms with van der Waals surface area (Å²) in [5.41, 5.74) is 0.966. The first-order valence-corrected chi connectivity index (χ1v) is 12.2. The Balaban J connectivity index is 1.65. The molecule has 2 heterocycles. The fourth-order valence-corrected chi connectivity index (χ4v) is 4.72. The van der Waals surface area contributed by atoms with Gasteiger partial charge in [0.1, 0.15) is 17.0 Å². The molecule has 0 unspecified atom stereocenters. The van der Waals surface area contributed by atoms with E-state index in [0.717, 1.165) is 23.3 Å². The number of sulfonamides is 1. The first-order valence-electron chi connectivity index (χ1n) is 10.2. The summed E-state index contributed by atoms with van der Waals surface area (Å²) < 4.78 is 55.3. The molecule has 0 radical (unpaired) electrons. The number of halogens is 3. The summed E-state index contributed by atoms with van der Waals surface area (Å²) in [5.74, 6) is -3.78. The molecule has 176 valence electrons. The Kier molecular flexibility index (Phi) is 6.54. The zero-order valence-corrected chi connectivity index (χ0v) is 19.4. The predicted octanol–water partition coefficient (Wildman–Crippen LogP) is 5.57. The van der Waals surface area contributed by atoms with E-state index in [1.807, 2.05) is 16.9 Å². The van der Waals surface area contributed by atoms with Gasteiger partial charge in [-0.25, -0.2) is 22.2 Å². The fourth-order valence-electron chi connectivity index (χ4n) is 3.46. The third-order valence-corrected chi connectivity index (χ3v) is 6.73. The molecule has 0 aliphatic rings. The summed E-state index contributed by atoms with van der Waals surface area (Å²) in [6.45, 7) is 1.65. The average molecular weight is 505 g/mol. The molecule has 1 amide bonds. The Hall–Kier alpha value is -3.50. The molecule has 2 aromatic carbocycles. The molecule has 0 saturated carbocycles. The van der Waals surface area contributed by atoms with Gasteiger partial charge in [-0.3, -0.25) is 9.52 Å². The summed E-state index contributed by atoms with van der Waals surface area (Å²) in [6, 6.07) is 10.5. The summed E-state index contributed by atoms with van der Waals surface area (Å²) in [6.07, 6.45) is 3.39. The fraction of sp³-hybridized carbons (Fsp3) is 0.130. The number of aromatic nitrogens is 2. The topological polar surface area (TPSA) is 104 Å². The minimum absolute atomic E-state index is 0.197. The summed E-state index contributed by atoms with van der Waals surface area (Å²) >= 11 is 5.95. The maximum absolute atomic E-state index is 14.9. The molecule has 11 heteroatoms. The minimum atomic E-state index is -3.84. The van der Waals surface area contributed by atoms with Crippen molar-refractivity contribution in [3.63, 3.8) is 0 Å². The first kappa shape index (κ1) is 23.7. The predicted molar refractivity (Wildman–Crippen MR) is 129 cm³/mol. The highest BCUT2D eigenvalue weighted by molar-refractivity contribution is 7.92. The number of H-pyrrole nitrogens is 1. The van der Waals surface area contributed by atoms with Crippen LogP contribution in [0, 0.1) is 11.6 Å². The second-order valence-corrected chi connectivity index (χ2v) is 9.77. The van der Waals surface area contributed by atoms with Crippen LogP contribution in [0.25, 0.3) is 22.2 Å². The number of nitrogens with zero attached hydrogens (tertiary/aromatic N) is 1. The van der Waals surface area contributed by atoms with E-state index in [9.17, 15) is 22.0 Å². The highest BCUT2D eigenvalue weighted by Crippen LogP contribution is 2.31. The summed E-state index contributed by atoms with van der Waals surface area (Å²) in [4.78, 5) is 20.0. The smallest absolute Gasteiger partial charge is 0.261 e. The standard InChI is InChI=1S/C23H19ClF2N4O3S/c1-2-9-34(32,33)30-19-8-7-18(25)20(21(19)26)23(31)29-15-10-16-17(12-28-22(16)27-11-15)13-3-5-14(24)6-4-13/h3-8,10-12,30H,2,9H2,1H3,(H,27,28)(H,29,31). The van der Waals surface area contributed by atoms with Crippen LogP contribution in [0.15, 0.2) is 54.9 Å². The number of amides is 1. The van der Waals surface area contributed by atoms with Gasteiger partial charge in [0.15, 0.2) is 5.82 Å². The number of pyridine rings is 1. The van der Waals surface area contributed by atoms with Crippen LogP contribution in [0.4, 0.5) is 20.2 Å². The van der Waals surface area contributed by atoms with Crippen LogP contribution in [-0.4, -0.2) is 30.0 Å². The van der Waals surface area contributed by atoms with Crippen molar-refractivity contribution in [3.8, 4) is 11.1 Å². The summed E-state index contributed by atoms with van der Waals surface area (Å²) in [7, 11) is -3.84. The number of fused-ring (bicyclic) bond motifs is 1. The van der Waals surface area contributed by atoms with Crippen LogP contribution < -0.4 is 10.0 Å². The molecule has 0 fully saturated rings. The van der Waals surface area contributed by atoms with Crippen LogP contribution in [-0.2, 0) is 10.0 Å². The van der Waals surface area contributed by atoms with E-state index in [-0.39, 0.29) is 11.4 Å². The molecule has 4 rings (SSSR count). The molecule has 34 heavy (non-hydrogen) atoms. The van der Waals surface area contributed by atoms with Crippen LogP contribution in [0.2, 0.25) is 5.02 Å². The Bertz CT molecular complexity index is 1490. The molecule has 0 saturated heterocycles. The van der Waals surface area contributed by atoms with Crippen molar-refractivity contribution < 1.29 is 22.0 Å². The van der Waals surface area contributed by atoms with Gasteiger partial charge in [-0.1, -0.05) is 30.7 Å². The van der Waals surface area contributed by atoms with Gasteiger partial charge in [-0.2, -0.15) is 0 Å². The normalized spacial score (nSPS) is 11.5. The molecular weight excluding hydrogens is 486 g/mol.